The first-order valence-corrected chi connectivity index (χ1v) is 6.86. The second-order valence-corrected chi connectivity index (χ2v) is 5.05. The molecule has 0 fully saturated rings. The lowest BCUT2D eigenvalue weighted by molar-refractivity contribution is -0.116. The standard InChI is InChI=1S/C18H18O3/c1-13-5-3-4-6-17(13)18(20)12-21-16-9-7-15(8-10-16)11-14(2)19/h3-10H,11-12H2,1-2H3. The van der Waals surface area contributed by atoms with Crippen molar-refractivity contribution < 1.29 is 14.3 Å². The van der Waals surface area contributed by atoms with Crippen LogP contribution in [-0.4, -0.2) is 18.2 Å². The minimum atomic E-state index is -0.0408. The highest BCUT2D eigenvalue weighted by molar-refractivity contribution is 5.98. The molecule has 3 nitrogen and oxygen atoms in total. The Hall–Kier alpha value is -2.42. The zero-order chi connectivity index (χ0) is 15.2. The van der Waals surface area contributed by atoms with Crippen LogP contribution in [0.15, 0.2) is 48.5 Å². The third kappa shape index (κ3) is 4.28. The van der Waals surface area contributed by atoms with E-state index in [-0.39, 0.29) is 18.2 Å². The van der Waals surface area contributed by atoms with Gasteiger partial charge in [-0.25, -0.2) is 0 Å². The van der Waals surface area contributed by atoms with Crippen LogP contribution in [0, 0.1) is 6.92 Å². The number of hydrogen-bond donors (Lipinski definition) is 0. The highest BCUT2D eigenvalue weighted by atomic mass is 16.5. The predicted octanol–water partition coefficient (Wildman–Crippen LogP) is 3.39. The minimum Gasteiger partial charge on any atom is -0.485 e. The molecule has 0 N–H and O–H groups in total. The van der Waals surface area contributed by atoms with Crippen molar-refractivity contribution in [1.29, 1.82) is 0 Å². The van der Waals surface area contributed by atoms with Gasteiger partial charge >= 0.3 is 0 Å². The maximum atomic E-state index is 12.1. The van der Waals surface area contributed by atoms with Crippen LogP contribution in [0.25, 0.3) is 0 Å². The maximum Gasteiger partial charge on any atom is 0.200 e. The van der Waals surface area contributed by atoms with E-state index >= 15 is 0 Å². The van der Waals surface area contributed by atoms with E-state index in [4.69, 9.17) is 4.74 Å². The Kier molecular flexibility index (Phi) is 4.88. The molecule has 0 aliphatic carbocycles. The van der Waals surface area contributed by atoms with Gasteiger partial charge in [-0.15, -0.1) is 0 Å². The molecule has 0 aliphatic rings. The molecule has 2 rings (SSSR count). The van der Waals surface area contributed by atoms with Gasteiger partial charge in [-0.1, -0.05) is 36.4 Å². The van der Waals surface area contributed by atoms with Gasteiger partial charge in [0.1, 0.15) is 11.5 Å². The average molecular weight is 282 g/mol. The smallest absolute Gasteiger partial charge is 0.200 e. The van der Waals surface area contributed by atoms with E-state index in [0.29, 0.717) is 17.7 Å². The lowest BCUT2D eigenvalue weighted by Crippen LogP contribution is -2.12. The van der Waals surface area contributed by atoms with E-state index in [2.05, 4.69) is 0 Å². The number of carbonyl (C=O) groups is 2. The quantitative estimate of drug-likeness (QED) is 0.763. The summed E-state index contributed by atoms with van der Waals surface area (Å²) in [7, 11) is 0. The molecular formula is C18H18O3. The Morgan fingerprint density at radius 1 is 1.00 bits per heavy atom. The molecule has 0 saturated heterocycles. The Morgan fingerprint density at radius 2 is 1.67 bits per heavy atom. The van der Waals surface area contributed by atoms with Crippen LogP contribution < -0.4 is 4.74 Å². The molecule has 0 atom stereocenters. The van der Waals surface area contributed by atoms with Crippen molar-refractivity contribution >= 4 is 11.6 Å². The fraction of sp³-hybridized carbons (Fsp3) is 0.222. The van der Waals surface area contributed by atoms with Gasteiger partial charge in [0.2, 0.25) is 0 Å². The topological polar surface area (TPSA) is 43.4 Å². The van der Waals surface area contributed by atoms with Crippen molar-refractivity contribution in [3.8, 4) is 5.75 Å². The Labute approximate surface area is 124 Å². The molecule has 2 aromatic rings. The third-order valence-corrected chi connectivity index (χ3v) is 3.19. The number of rotatable bonds is 6. The molecule has 0 aliphatic heterocycles. The zero-order valence-electron chi connectivity index (χ0n) is 12.3. The molecule has 0 heterocycles. The van der Waals surface area contributed by atoms with Crippen molar-refractivity contribution in [2.24, 2.45) is 0 Å². The second kappa shape index (κ2) is 6.84. The van der Waals surface area contributed by atoms with Gasteiger partial charge in [0.25, 0.3) is 0 Å². The van der Waals surface area contributed by atoms with E-state index < -0.39 is 0 Å². The molecule has 0 bridgehead atoms. The van der Waals surface area contributed by atoms with Gasteiger partial charge < -0.3 is 4.74 Å². The van der Waals surface area contributed by atoms with E-state index in [1.54, 1.807) is 25.1 Å². The number of benzene rings is 2. The van der Waals surface area contributed by atoms with Crippen molar-refractivity contribution in [1.82, 2.24) is 0 Å². The SMILES string of the molecule is CC(=O)Cc1ccc(OCC(=O)c2ccccc2C)cc1. The van der Waals surface area contributed by atoms with E-state index in [0.717, 1.165) is 11.1 Å². The molecule has 0 spiro atoms. The van der Waals surface area contributed by atoms with Gasteiger partial charge in [-0.3, -0.25) is 9.59 Å². The average Bonchev–Trinajstić information content (AvgIpc) is 2.46. The summed E-state index contributed by atoms with van der Waals surface area (Å²) in [6.07, 6.45) is 0.419. The van der Waals surface area contributed by atoms with Crippen LogP contribution in [0.3, 0.4) is 0 Å². The summed E-state index contributed by atoms with van der Waals surface area (Å²) in [4.78, 5) is 23.1. The van der Waals surface area contributed by atoms with Crippen molar-refractivity contribution in [3.05, 3.63) is 65.2 Å². The lowest BCUT2D eigenvalue weighted by Gasteiger charge is -2.08. The number of Topliss-reactive ketones (excluding diaryl/α,β-unsaturated/α-hetero) is 2. The summed E-state index contributed by atoms with van der Waals surface area (Å²) < 4.78 is 5.50. The molecule has 108 valence electrons. The normalized spacial score (nSPS) is 10.2. The van der Waals surface area contributed by atoms with Gasteiger partial charge in [0, 0.05) is 12.0 Å². The first kappa shape index (κ1) is 15.0. The van der Waals surface area contributed by atoms with E-state index in [1.165, 1.54) is 0 Å². The van der Waals surface area contributed by atoms with Crippen LogP contribution in [0.5, 0.6) is 5.75 Å². The maximum absolute atomic E-state index is 12.1. The first-order valence-electron chi connectivity index (χ1n) is 6.86. The number of carbonyl (C=O) groups excluding carboxylic acids is 2. The molecule has 0 amide bonds. The lowest BCUT2D eigenvalue weighted by atomic mass is 10.1. The highest BCUT2D eigenvalue weighted by Crippen LogP contribution is 2.14. The van der Waals surface area contributed by atoms with E-state index in [9.17, 15) is 9.59 Å². The summed E-state index contributed by atoms with van der Waals surface area (Å²) in [5.74, 6) is 0.712. The first-order chi connectivity index (χ1) is 10.1. The third-order valence-electron chi connectivity index (χ3n) is 3.19. The van der Waals surface area contributed by atoms with Crippen molar-refractivity contribution in [2.75, 3.05) is 6.61 Å². The molecule has 0 aromatic heterocycles. The van der Waals surface area contributed by atoms with Crippen LogP contribution in [0.2, 0.25) is 0 Å². The molecule has 2 aromatic carbocycles. The van der Waals surface area contributed by atoms with Crippen LogP contribution in [-0.2, 0) is 11.2 Å². The predicted molar refractivity (Wildman–Crippen MR) is 81.8 cm³/mol. The number of aryl methyl sites for hydroxylation is 1. The van der Waals surface area contributed by atoms with Crippen LogP contribution >= 0.6 is 0 Å². The minimum absolute atomic E-state index is 0.0108. The van der Waals surface area contributed by atoms with Crippen LogP contribution in [0.1, 0.15) is 28.4 Å². The molecular weight excluding hydrogens is 264 g/mol. The number of ketones is 2. The van der Waals surface area contributed by atoms with Gasteiger partial charge in [0.15, 0.2) is 12.4 Å². The number of hydrogen-bond acceptors (Lipinski definition) is 3. The molecule has 0 saturated carbocycles. The highest BCUT2D eigenvalue weighted by Gasteiger charge is 2.09. The van der Waals surface area contributed by atoms with Crippen molar-refractivity contribution in [2.45, 2.75) is 20.3 Å². The molecule has 0 unspecified atom stereocenters. The summed E-state index contributed by atoms with van der Waals surface area (Å²) in [6, 6.07) is 14.7. The molecule has 0 radical (unpaired) electrons. The number of ether oxygens (including phenoxy) is 1. The van der Waals surface area contributed by atoms with E-state index in [1.807, 2.05) is 37.3 Å². The fourth-order valence-electron chi connectivity index (χ4n) is 2.10. The Morgan fingerprint density at radius 3 is 2.29 bits per heavy atom. The summed E-state index contributed by atoms with van der Waals surface area (Å²) in [6.45, 7) is 3.48. The fourth-order valence-corrected chi connectivity index (χ4v) is 2.10. The summed E-state index contributed by atoms with van der Waals surface area (Å²) in [5.41, 5.74) is 2.58. The Balaban J connectivity index is 1.95. The second-order valence-electron chi connectivity index (χ2n) is 5.05. The van der Waals surface area contributed by atoms with Crippen LogP contribution in [0.4, 0.5) is 0 Å². The van der Waals surface area contributed by atoms with Gasteiger partial charge in [-0.2, -0.15) is 0 Å². The Bertz CT molecular complexity index is 642. The monoisotopic (exact) mass is 282 g/mol. The zero-order valence-corrected chi connectivity index (χ0v) is 12.3. The van der Waals surface area contributed by atoms with Gasteiger partial charge in [0.05, 0.1) is 0 Å². The molecule has 21 heavy (non-hydrogen) atoms. The molecule has 3 heteroatoms. The van der Waals surface area contributed by atoms with Gasteiger partial charge in [-0.05, 0) is 37.1 Å². The summed E-state index contributed by atoms with van der Waals surface area (Å²) in [5, 5.41) is 0. The van der Waals surface area contributed by atoms with Crippen molar-refractivity contribution in [3.63, 3.8) is 0 Å². The largest absolute Gasteiger partial charge is 0.485 e. The summed E-state index contributed by atoms with van der Waals surface area (Å²) >= 11 is 0.